The van der Waals surface area contributed by atoms with Gasteiger partial charge in [-0.2, -0.15) is 0 Å². The highest BCUT2D eigenvalue weighted by molar-refractivity contribution is 6.02. The summed E-state index contributed by atoms with van der Waals surface area (Å²) in [6.07, 6.45) is 8.22. The Labute approximate surface area is 143 Å². The molecule has 24 heavy (non-hydrogen) atoms. The van der Waals surface area contributed by atoms with E-state index in [9.17, 15) is 4.79 Å². The lowest BCUT2D eigenvalue weighted by atomic mass is 10.1. The Morgan fingerprint density at radius 1 is 0.958 bits per heavy atom. The molecule has 1 fully saturated rings. The van der Waals surface area contributed by atoms with Gasteiger partial charge in [0.25, 0.3) is 5.91 Å². The van der Waals surface area contributed by atoms with E-state index in [-0.39, 0.29) is 5.91 Å². The van der Waals surface area contributed by atoms with Gasteiger partial charge in [-0.25, -0.2) is 9.97 Å². The van der Waals surface area contributed by atoms with Crippen LogP contribution in [0.1, 0.15) is 47.3 Å². The Hall–Kier alpha value is -2.43. The lowest BCUT2D eigenvalue weighted by Crippen LogP contribution is -2.25. The largest absolute Gasteiger partial charge is 0.355 e. The zero-order valence-electron chi connectivity index (χ0n) is 14.4. The molecule has 2 heterocycles. The number of benzene rings is 1. The van der Waals surface area contributed by atoms with Gasteiger partial charge in [-0.15, -0.1) is 0 Å². The molecule has 1 amide bonds. The smallest absolute Gasteiger partial charge is 0.275 e. The van der Waals surface area contributed by atoms with Crippen molar-refractivity contribution in [1.29, 1.82) is 0 Å². The van der Waals surface area contributed by atoms with Crippen LogP contribution in [0.4, 0.5) is 11.5 Å². The summed E-state index contributed by atoms with van der Waals surface area (Å²) in [5.41, 5.74) is 3.37. The molecule has 1 aliphatic rings. The topological polar surface area (TPSA) is 58.1 Å². The van der Waals surface area contributed by atoms with Crippen molar-refractivity contribution in [2.75, 3.05) is 23.3 Å². The predicted molar refractivity (Wildman–Crippen MR) is 96.6 cm³/mol. The highest BCUT2D eigenvalue weighted by atomic mass is 16.1. The zero-order chi connectivity index (χ0) is 16.9. The number of aryl methyl sites for hydroxylation is 2. The number of aromatic nitrogens is 2. The van der Waals surface area contributed by atoms with Crippen molar-refractivity contribution in [1.82, 2.24) is 9.97 Å². The summed E-state index contributed by atoms with van der Waals surface area (Å²) in [5, 5.41) is 2.89. The molecule has 2 aromatic rings. The minimum absolute atomic E-state index is 0.227. The summed E-state index contributed by atoms with van der Waals surface area (Å²) in [6, 6.07) is 5.97. The molecule has 0 saturated carbocycles. The maximum atomic E-state index is 12.4. The molecule has 1 aliphatic heterocycles. The number of hydrogen-bond acceptors (Lipinski definition) is 4. The second-order valence-corrected chi connectivity index (χ2v) is 6.49. The van der Waals surface area contributed by atoms with E-state index in [0.717, 1.165) is 35.7 Å². The predicted octanol–water partition coefficient (Wildman–Crippen LogP) is 3.73. The van der Waals surface area contributed by atoms with E-state index >= 15 is 0 Å². The monoisotopic (exact) mass is 324 g/mol. The van der Waals surface area contributed by atoms with Gasteiger partial charge in [-0.05, 0) is 49.9 Å². The molecule has 1 aromatic heterocycles. The number of carbonyl (C=O) groups is 1. The summed E-state index contributed by atoms with van der Waals surface area (Å²) in [5.74, 6) is 0.634. The average Bonchev–Trinajstić information content (AvgIpc) is 2.83. The van der Waals surface area contributed by atoms with Crippen molar-refractivity contribution < 1.29 is 4.79 Å². The fourth-order valence-electron chi connectivity index (χ4n) is 3.14. The molecule has 0 aliphatic carbocycles. The van der Waals surface area contributed by atoms with Crippen molar-refractivity contribution in [3.8, 4) is 0 Å². The van der Waals surface area contributed by atoms with Gasteiger partial charge in [0, 0.05) is 18.8 Å². The number of nitrogens with one attached hydrogen (secondary N) is 1. The van der Waals surface area contributed by atoms with E-state index in [2.05, 4.69) is 26.3 Å². The Morgan fingerprint density at radius 3 is 2.21 bits per heavy atom. The minimum atomic E-state index is -0.227. The Morgan fingerprint density at radius 2 is 1.62 bits per heavy atom. The van der Waals surface area contributed by atoms with Gasteiger partial charge in [0.2, 0.25) is 0 Å². The normalized spacial score (nSPS) is 15.0. The fourth-order valence-corrected chi connectivity index (χ4v) is 3.14. The summed E-state index contributed by atoms with van der Waals surface area (Å²) < 4.78 is 0. The van der Waals surface area contributed by atoms with Crippen molar-refractivity contribution in [2.24, 2.45) is 0 Å². The second-order valence-electron chi connectivity index (χ2n) is 6.49. The van der Waals surface area contributed by atoms with E-state index in [1.807, 2.05) is 26.0 Å². The first-order valence-corrected chi connectivity index (χ1v) is 8.58. The highest BCUT2D eigenvalue weighted by Crippen LogP contribution is 2.17. The first-order valence-electron chi connectivity index (χ1n) is 8.58. The van der Waals surface area contributed by atoms with Gasteiger partial charge < -0.3 is 10.2 Å². The Balaban J connectivity index is 1.69. The van der Waals surface area contributed by atoms with Gasteiger partial charge in [0.15, 0.2) is 0 Å². The van der Waals surface area contributed by atoms with Crippen LogP contribution in [0.2, 0.25) is 0 Å². The number of carbonyl (C=O) groups excluding carboxylic acids is 1. The first-order chi connectivity index (χ1) is 11.6. The quantitative estimate of drug-likeness (QED) is 0.934. The van der Waals surface area contributed by atoms with Crippen molar-refractivity contribution in [2.45, 2.75) is 39.5 Å². The van der Waals surface area contributed by atoms with E-state index in [0.29, 0.717) is 5.69 Å². The van der Waals surface area contributed by atoms with Crippen LogP contribution >= 0.6 is 0 Å². The van der Waals surface area contributed by atoms with E-state index in [1.54, 1.807) is 12.4 Å². The average molecular weight is 324 g/mol. The number of amides is 1. The number of rotatable bonds is 3. The standard InChI is InChI=1S/C19H24N4O/c1-14-9-15(2)11-16(10-14)22-19(24)17-12-21-18(13-20-17)23-7-5-3-4-6-8-23/h9-13H,3-8H2,1-2H3,(H,22,24). The summed E-state index contributed by atoms with van der Waals surface area (Å²) in [6.45, 7) is 6.06. The van der Waals surface area contributed by atoms with E-state index < -0.39 is 0 Å². The van der Waals surface area contributed by atoms with Crippen molar-refractivity contribution >= 4 is 17.4 Å². The third-order valence-corrected chi connectivity index (χ3v) is 4.28. The number of hydrogen-bond donors (Lipinski definition) is 1. The highest BCUT2D eigenvalue weighted by Gasteiger charge is 2.13. The number of anilines is 2. The van der Waals surface area contributed by atoms with Crippen molar-refractivity contribution in [3.05, 3.63) is 47.4 Å². The molecule has 0 spiro atoms. The minimum Gasteiger partial charge on any atom is -0.355 e. The van der Waals surface area contributed by atoms with Gasteiger partial charge in [0.05, 0.1) is 12.4 Å². The number of nitrogens with zero attached hydrogens (tertiary/aromatic N) is 3. The zero-order valence-corrected chi connectivity index (χ0v) is 14.4. The molecule has 1 N–H and O–H groups in total. The summed E-state index contributed by atoms with van der Waals surface area (Å²) in [7, 11) is 0. The van der Waals surface area contributed by atoms with Crippen LogP contribution in [-0.4, -0.2) is 29.0 Å². The van der Waals surface area contributed by atoms with Gasteiger partial charge in [-0.3, -0.25) is 4.79 Å². The molecule has 1 aromatic carbocycles. The maximum Gasteiger partial charge on any atom is 0.275 e. The van der Waals surface area contributed by atoms with Gasteiger partial charge in [-0.1, -0.05) is 18.9 Å². The molecule has 0 atom stereocenters. The molecular weight excluding hydrogens is 300 g/mol. The van der Waals surface area contributed by atoms with Gasteiger partial charge >= 0.3 is 0 Å². The van der Waals surface area contributed by atoms with Gasteiger partial charge in [0.1, 0.15) is 11.5 Å². The molecule has 126 valence electrons. The van der Waals surface area contributed by atoms with E-state index in [1.165, 1.54) is 25.7 Å². The van der Waals surface area contributed by atoms with Crippen LogP contribution in [0.3, 0.4) is 0 Å². The third-order valence-electron chi connectivity index (χ3n) is 4.28. The first kappa shape index (κ1) is 16.4. The maximum absolute atomic E-state index is 12.4. The Kier molecular flexibility index (Phi) is 5.08. The lowest BCUT2D eigenvalue weighted by molar-refractivity contribution is 0.102. The van der Waals surface area contributed by atoms with Crippen LogP contribution < -0.4 is 10.2 Å². The van der Waals surface area contributed by atoms with E-state index in [4.69, 9.17) is 0 Å². The van der Waals surface area contributed by atoms with Crippen LogP contribution in [0.5, 0.6) is 0 Å². The van der Waals surface area contributed by atoms with Crippen LogP contribution in [0.25, 0.3) is 0 Å². The molecule has 0 bridgehead atoms. The molecule has 0 radical (unpaired) electrons. The molecule has 5 heteroatoms. The molecular formula is C19H24N4O. The third kappa shape index (κ3) is 4.10. The Bertz CT molecular complexity index is 684. The van der Waals surface area contributed by atoms with Crippen molar-refractivity contribution in [3.63, 3.8) is 0 Å². The molecule has 3 rings (SSSR count). The van der Waals surface area contributed by atoms with Crippen LogP contribution in [-0.2, 0) is 0 Å². The molecule has 0 unspecified atom stereocenters. The lowest BCUT2D eigenvalue weighted by Gasteiger charge is -2.20. The SMILES string of the molecule is Cc1cc(C)cc(NC(=O)c2cnc(N3CCCCCC3)cn2)c1. The van der Waals surface area contributed by atoms with Crippen LogP contribution in [0.15, 0.2) is 30.6 Å². The van der Waals surface area contributed by atoms with Crippen LogP contribution in [0, 0.1) is 13.8 Å². The molecule has 1 saturated heterocycles. The summed E-state index contributed by atoms with van der Waals surface area (Å²) >= 11 is 0. The molecule has 5 nitrogen and oxygen atoms in total. The second kappa shape index (κ2) is 7.43. The fraction of sp³-hybridized carbons (Fsp3) is 0.421. The summed E-state index contributed by atoms with van der Waals surface area (Å²) in [4.78, 5) is 23.4.